The molecule has 1 unspecified atom stereocenters. The SMILES string of the molecule is NCC1CCCN(S(=O)(=O)NCCc2ccco2)C1. The Kier molecular flexibility index (Phi) is 4.98. The second-order valence-corrected chi connectivity index (χ2v) is 6.59. The van der Waals surface area contributed by atoms with Crippen molar-refractivity contribution in [2.75, 3.05) is 26.2 Å². The molecule has 6 nitrogen and oxygen atoms in total. The number of furan rings is 1. The van der Waals surface area contributed by atoms with Gasteiger partial charge in [-0.3, -0.25) is 0 Å². The van der Waals surface area contributed by atoms with Crippen LogP contribution in [0.5, 0.6) is 0 Å². The summed E-state index contributed by atoms with van der Waals surface area (Å²) in [4.78, 5) is 0. The molecule has 0 aromatic carbocycles. The summed E-state index contributed by atoms with van der Waals surface area (Å²) in [7, 11) is -3.39. The zero-order valence-electron chi connectivity index (χ0n) is 10.9. The molecule has 19 heavy (non-hydrogen) atoms. The van der Waals surface area contributed by atoms with Crippen molar-refractivity contribution in [3.8, 4) is 0 Å². The topological polar surface area (TPSA) is 88.6 Å². The minimum Gasteiger partial charge on any atom is -0.469 e. The van der Waals surface area contributed by atoms with Crippen LogP contribution in [0.1, 0.15) is 18.6 Å². The van der Waals surface area contributed by atoms with Crippen molar-refractivity contribution < 1.29 is 12.8 Å². The van der Waals surface area contributed by atoms with Crippen LogP contribution in [0.2, 0.25) is 0 Å². The molecular formula is C12H21N3O3S. The molecule has 1 atom stereocenters. The first-order chi connectivity index (χ1) is 9.12. The summed E-state index contributed by atoms with van der Waals surface area (Å²) in [6.07, 6.45) is 4.02. The summed E-state index contributed by atoms with van der Waals surface area (Å²) in [5.41, 5.74) is 5.62. The third kappa shape index (κ3) is 4.04. The van der Waals surface area contributed by atoms with Gasteiger partial charge < -0.3 is 10.2 Å². The van der Waals surface area contributed by atoms with E-state index < -0.39 is 10.2 Å². The third-order valence-electron chi connectivity index (χ3n) is 3.39. The van der Waals surface area contributed by atoms with Crippen molar-refractivity contribution >= 4 is 10.2 Å². The zero-order chi connectivity index (χ0) is 13.7. The Morgan fingerprint density at radius 2 is 2.37 bits per heavy atom. The highest BCUT2D eigenvalue weighted by atomic mass is 32.2. The quantitative estimate of drug-likeness (QED) is 0.789. The van der Waals surface area contributed by atoms with Crippen molar-refractivity contribution in [1.82, 2.24) is 9.03 Å². The Morgan fingerprint density at radius 3 is 3.05 bits per heavy atom. The Bertz CT molecular complexity index is 472. The fourth-order valence-corrected chi connectivity index (χ4v) is 3.61. The molecule has 0 saturated carbocycles. The molecule has 108 valence electrons. The maximum Gasteiger partial charge on any atom is 0.279 e. The number of piperidine rings is 1. The third-order valence-corrected chi connectivity index (χ3v) is 4.97. The molecule has 1 aliphatic heterocycles. The zero-order valence-corrected chi connectivity index (χ0v) is 11.7. The Hall–Kier alpha value is -0.890. The number of nitrogens with zero attached hydrogens (tertiary/aromatic N) is 1. The Labute approximate surface area is 114 Å². The average molecular weight is 287 g/mol. The Balaban J connectivity index is 1.83. The van der Waals surface area contributed by atoms with Gasteiger partial charge in [-0.15, -0.1) is 0 Å². The van der Waals surface area contributed by atoms with Gasteiger partial charge in [0.2, 0.25) is 0 Å². The molecule has 0 radical (unpaired) electrons. The lowest BCUT2D eigenvalue weighted by molar-refractivity contribution is 0.268. The number of hydrogen-bond donors (Lipinski definition) is 2. The van der Waals surface area contributed by atoms with E-state index in [2.05, 4.69) is 4.72 Å². The molecule has 7 heteroatoms. The van der Waals surface area contributed by atoms with Gasteiger partial charge in [0.15, 0.2) is 0 Å². The van der Waals surface area contributed by atoms with Gasteiger partial charge >= 0.3 is 0 Å². The summed E-state index contributed by atoms with van der Waals surface area (Å²) in [5.74, 6) is 1.05. The van der Waals surface area contributed by atoms with Crippen molar-refractivity contribution in [3.05, 3.63) is 24.2 Å². The molecule has 1 aromatic heterocycles. The summed E-state index contributed by atoms with van der Waals surface area (Å²) < 4.78 is 33.5. The summed E-state index contributed by atoms with van der Waals surface area (Å²) in [5, 5.41) is 0. The smallest absolute Gasteiger partial charge is 0.279 e. The fourth-order valence-electron chi connectivity index (χ4n) is 2.29. The molecule has 1 saturated heterocycles. The van der Waals surface area contributed by atoms with Crippen LogP contribution in [0.3, 0.4) is 0 Å². The molecule has 0 aliphatic carbocycles. The predicted octanol–water partition coefficient (Wildman–Crippen LogP) is 0.327. The highest BCUT2D eigenvalue weighted by Crippen LogP contribution is 2.17. The van der Waals surface area contributed by atoms with E-state index in [0.717, 1.165) is 18.6 Å². The van der Waals surface area contributed by atoms with Gasteiger partial charge in [-0.25, -0.2) is 4.72 Å². The van der Waals surface area contributed by atoms with Gasteiger partial charge in [-0.2, -0.15) is 12.7 Å². The second-order valence-electron chi connectivity index (χ2n) is 4.83. The van der Waals surface area contributed by atoms with Gasteiger partial charge in [0, 0.05) is 26.1 Å². The normalized spacial score (nSPS) is 21.6. The maximum absolute atomic E-state index is 12.1. The van der Waals surface area contributed by atoms with Crippen LogP contribution < -0.4 is 10.5 Å². The summed E-state index contributed by atoms with van der Waals surface area (Å²) in [6.45, 7) is 1.98. The largest absolute Gasteiger partial charge is 0.469 e. The van der Waals surface area contributed by atoms with Crippen LogP contribution in [0.4, 0.5) is 0 Å². The lowest BCUT2D eigenvalue weighted by Gasteiger charge is -2.31. The number of nitrogens with one attached hydrogen (secondary N) is 1. The summed E-state index contributed by atoms with van der Waals surface area (Å²) in [6, 6.07) is 3.62. The molecule has 1 aliphatic rings. The highest BCUT2D eigenvalue weighted by Gasteiger charge is 2.27. The van der Waals surface area contributed by atoms with Crippen molar-refractivity contribution in [1.29, 1.82) is 0 Å². The van der Waals surface area contributed by atoms with Crippen LogP contribution in [0, 0.1) is 5.92 Å². The van der Waals surface area contributed by atoms with Crippen molar-refractivity contribution in [2.24, 2.45) is 11.7 Å². The van der Waals surface area contributed by atoms with Gasteiger partial charge in [-0.05, 0) is 37.4 Å². The molecule has 0 amide bonds. The van der Waals surface area contributed by atoms with E-state index in [1.807, 2.05) is 6.07 Å². The van der Waals surface area contributed by atoms with E-state index in [0.29, 0.717) is 32.6 Å². The first kappa shape index (κ1) is 14.5. The average Bonchev–Trinajstić information content (AvgIpc) is 2.92. The molecule has 0 bridgehead atoms. The van der Waals surface area contributed by atoms with Crippen LogP contribution >= 0.6 is 0 Å². The molecule has 0 spiro atoms. The van der Waals surface area contributed by atoms with Crippen LogP contribution in [-0.4, -0.2) is 38.9 Å². The van der Waals surface area contributed by atoms with Gasteiger partial charge in [-0.1, -0.05) is 0 Å². The number of hydrogen-bond acceptors (Lipinski definition) is 4. The van der Waals surface area contributed by atoms with Crippen LogP contribution in [0.25, 0.3) is 0 Å². The lowest BCUT2D eigenvalue weighted by Crippen LogP contribution is -2.47. The standard InChI is InChI=1S/C12H21N3O3S/c13-9-11-3-1-7-15(10-11)19(16,17)14-6-5-12-4-2-8-18-12/h2,4,8,11,14H,1,3,5-7,9-10,13H2. The first-order valence-electron chi connectivity index (χ1n) is 6.59. The van der Waals surface area contributed by atoms with E-state index >= 15 is 0 Å². The van der Waals surface area contributed by atoms with Crippen molar-refractivity contribution in [2.45, 2.75) is 19.3 Å². The van der Waals surface area contributed by atoms with E-state index in [4.69, 9.17) is 10.2 Å². The number of rotatable bonds is 6. The van der Waals surface area contributed by atoms with Gasteiger partial charge in [0.05, 0.1) is 6.26 Å². The van der Waals surface area contributed by atoms with E-state index in [1.165, 1.54) is 4.31 Å². The van der Waals surface area contributed by atoms with E-state index in [1.54, 1.807) is 12.3 Å². The summed E-state index contributed by atoms with van der Waals surface area (Å²) >= 11 is 0. The van der Waals surface area contributed by atoms with Crippen LogP contribution in [0.15, 0.2) is 22.8 Å². The highest BCUT2D eigenvalue weighted by molar-refractivity contribution is 7.87. The molecule has 1 aromatic rings. The first-order valence-corrected chi connectivity index (χ1v) is 8.03. The molecule has 3 N–H and O–H groups in total. The minimum atomic E-state index is -3.39. The second kappa shape index (κ2) is 6.51. The van der Waals surface area contributed by atoms with Gasteiger partial charge in [0.1, 0.15) is 5.76 Å². The monoisotopic (exact) mass is 287 g/mol. The minimum absolute atomic E-state index is 0.274. The van der Waals surface area contributed by atoms with Gasteiger partial charge in [0.25, 0.3) is 10.2 Å². The lowest BCUT2D eigenvalue weighted by atomic mass is 10.0. The molecule has 2 rings (SSSR count). The molecule has 2 heterocycles. The van der Waals surface area contributed by atoms with Crippen molar-refractivity contribution in [3.63, 3.8) is 0 Å². The molecular weight excluding hydrogens is 266 g/mol. The predicted molar refractivity (Wildman–Crippen MR) is 72.7 cm³/mol. The fraction of sp³-hybridized carbons (Fsp3) is 0.667. The molecule has 1 fully saturated rings. The van der Waals surface area contributed by atoms with Crippen LogP contribution in [-0.2, 0) is 16.6 Å². The maximum atomic E-state index is 12.1. The Morgan fingerprint density at radius 1 is 1.53 bits per heavy atom. The van der Waals surface area contributed by atoms with E-state index in [9.17, 15) is 8.42 Å². The van der Waals surface area contributed by atoms with E-state index in [-0.39, 0.29) is 5.92 Å². The number of nitrogens with two attached hydrogens (primary N) is 1.